The van der Waals surface area contributed by atoms with Crippen LogP contribution in [-0.4, -0.2) is 65.2 Å². The lowest BCUT2D eigenvalue weighted by Crippen LogP contribution is -2.53. The number of nitrogens with zero attached hydrogens (tertiary/aromatic N) is 2. The number of aliphatic hydroxyl groups is 1. The molecule has 1 saturated heterocycles. The number of hydrogen-bond acceptors (Lipinski definition) is 6. The molecule has 7 heteroatoms. The van der Waals surface area contributed by atoms with Gasteiger partial charge >= 0.3 is 5.97 Å². The molecule has 1 aliphatic carbocycles. The van der Waals surface area contributed by atoms with E-state index in [0.717, 1.165) is 55.7 Å². The molecule has 1 aliphatic heterocycles. The van der Waals surface area contributed by atoms with E-state index in [1.165, 1.54) is 5.69 Å². The molecule has 0 unspecified atom stereocenters. The normalized spacial score (nSPS) is 23.3. The number of nitrogens with two attached hydrogens (primary N) is 1. The van der Waals surface area contributed by atoms with E-state index in [9.17, 15) is 9.90 Å². The Morgan fingerprint density at radius 1 is 1.08 bits per heavy atom. The predicted octanol–water partition coefficient (Wildman–Crippen LogP) is 4.17. The largest absolute Gasteiger partial charge is 0.460 e. The average molecular weight is 493 g/mol. The second-order valence-corrected chi connectivity index (χ2v) is 11.3. The smallest absolute Gasteiger partial charge is 0.309 e. The van der Waals surface area contributed by atoms with Gasteiger partial charge in [0.15, 0.2) is 0 Å². The molecule has 2 aromatic carbocycles. The number of piperazine rings is 1. The fraction of sp³-hybridized carbons (Fsp3) is 0.517. The topological polar surface area (TPSA) is 103 Å². The Kier molecular flexibility index (Phi) is 7.71. The summed E-state index contributed by atoms with van der Waals surface area (Å²) in [7, 11) is 0. The minimum absolute atomic E-state index is 0.0727. The molecular formula is C29H40N4O3. The van der Waals surface area contributed by atoms with Crippen molar-refractivity contribution in [2.75, 3.05) is 31.1 Å². The first kappa shape index (κ1) is 26.2. The number of anilines is 1. The molecule has 0 radical (unpaired) electrons. The van der Waals surface area contributed by atoms with Crippen molar-refractivity contribution in [1.29, 1.82) is 5.41 Å². The highest BCUT2D eigenvalue weighted by Crippen LogP contribution is 2.36. The number of nitrogens with one attached hydrogen (secondary N) is 1. The third-order valence-electron chi connectivity index (χ3n) is 7.34. The van der Waals surface area contributed by atoms with Gasteiger partial charge in [-0.2, -0.15) is 0 Å². The number of ether oxygens (including phenoxy) is 1. The van der Waals surface area contributed by atoms with Gasteiger partial charge in [-0.3, -0.25) is 15.1 Å². The molecule has 2 aromatic rings. The van der Waals surface area contributed by atoms with Crippen LogP contribution in [-0.2, 0) is 9.53 Å². The Labute approximate surface area is 214 Å². The molecule has 7 nitrogen and oxygen atoms in total. The van der Waals surface area contributed by atoms with Crippen molar-refractivity contribution in [3.05, 3.63) is 54.1 Å². The van der Waals surface area contributed by atoms with Crippen LogP contribution < -0.4 is 10.6 Å². The van der Waals surface area contributed by atoms with Crippen LogP contribution in [0.5, 0.6) is 0 Å². The number of carbonyl (C=O) groups is 1. The lowest BCUT2D eigenvalue weighted by atomic mass is 9.79. The van der Waals surface area contributed by atoms with Crippen LogP contribution in [0.2, 0.25) is 0 Å². The first-order valence-electron chi connectivity index (χ1n) is 13.0. The van der Waals surface area contributed by atoms with E-state index in [4.69, 9.17) is 15.9 Å². The highest BCUT2D eigenvalue weighted by Gasteiger charge is 2.38. The van der Waals surface area contributed by atoms with Crippen LogP contribution in [0.25, 0.3) is 11.1 Å². The SMILES string of the molecule is CC(C)(C)OC(=O)CC1(O)CCC(N2CCN(c3ccc(C(=N)N)cc3-c3ccccc3)CC2)CC1. The van der Waals surface area contributed by atoms with E-state index in [2.05, 4.69) is 28.0 Å². The van der Waals surface area contributed by atoms with Gasteiger partial charge in [0.1, 0.15) is 11.4 Å². The van der Waals surface area contributed by atoms with Gasteiger partial charge in [-0.05, 0) is 70.2 Å². The number of esters is 1. The number of nitrogen functional groups attached to an aromatic ring is 1. The van der Waals surface area contributed by atoms with E-state index >= 15 is 0 Å². The van der Waals surface area contributed by atoms with Crippen molar-refractivity contribution in [2.45, 2.75) is 70.1 Å². The van der Waals surface area contributed by atoms with Crippen LogP contribution >= 0.6 is 0 Å². The lowest BCUT2D eigenvalue weighted by molar-refractivity contribution is -0.162. The maximum absolute atomic E-state index is 12.3. The van der Waals surface area contributed by atoms with Crippen molar-refractivity contribution in [1.82, 2.24) is 4.90 Å². The second-order valence-electron chi connectivity index (χ2n) is 11.3. The quantitative estimate of drug-likeness (QED) is 0.318. The summed E-state index contributed by atoms with van der Waals surface area (Å²) in [4.78, 5) is 17.2. The van der Waals surface area contributed by atoms with Crippen LogP contribution in [0.3, 0.4) is 0 Å². The molecule has 194 valence electrons. The number of hydrogen-bond donors (Lipinski definition) is 3. The zero-order chi connectivity index (χ0) is 25.9. The number of carbonyl (C=O) groups excluding carboxylic acids is 1. The van der Waals surface area contributed by atoms with Gasteiger partial charge in [-0.25, -0.2) is 0 Å². The number of amidine groups is 1. The molecule has 4 N–H and O–H groups in total. The van der Waals surface area contributed by atoms with E-state index < -0.39 is 11.2 Å². The standard InChI is InChI=1S/C29H40N4O3/c1-28(2,3)36-26(34)20-29(35)13-11-23(12-14-29)32-15-17-33(18-16-32)25-10-9-22(27(30)31)19-24(25)21-7-5-4-6-8-21/h4-10,19,23,35H,11-18,20H2,1-3H3,(H3,30,31). The van der Waals surface area contributed by atoms with Gasteiger partial charge in [0.05, 0.1) is 12.0 Å². The van der Waals surface area contributed by atoms with Gasteiger partial charge in [-0.15, -0.1) is 0 Å². The molecule has 0 bridgehead atoms. The number of rotatable bonds is 6. The van der Waals surface area contributed by atoms with Gasteiger partial charge in [0, 0.05) is 49.0 Å². The molecular weight excluding hydrogens is 452 g/mol. The fourth-order valence-corrected chi connectivity index (χ4v) is 5.48. The van der Waals surface area contributed by atoms with E-state index in [0.29, 0.717) is 18.9 Å². The number of benzene rings is 2. The van der Waals surface area contributed by atoms with Crippen LogP contribution in [0, 0.1) is 5.41 Å². The highest BCUT2D eigenvalue weighted by molar-refractivity contribution is 5.97. The zero-order valence-electron chi connectivity index (χ0n) is 21.8. The van der Waals surface area contributed by atoms with Gasteiger partial charge in [-0.1, -0.05) is 30.3 Å². The molecule has 2 aliphatic rings. The summed E-state index contributed by atoms with van der Waals surface area (Å²) in [6.07, 6.45) is 3.11. The summed E-state index contributed by atoms with van der Waals surface area (Å²) in [5.74, 6) is -0.241. The molecule has 4 rings (SSSR count). The molecule has 1 heterocycles. The van der Waals surface area contributed by atoms with Crippen molar-refractivity contribution in [3.8, 4) is 11.1 Å². The fourth-order valence-electron chi connectivity index (χ4n) is 5.48. The minimum atomic E-state index is -0.955. The summed E-state index contributed by atoms with van der Waals surface area (Å²) in [6, 6.07) is 16.7. The van der Waals surface area contributed by atoms with Crippen molar-refractivity contribution in [3.63, 3.8) is 0 Å². The summed E-state index contributed by atoms with van der Waals surface area (Å²) < 4.78 is 5.43. The summed E-state index contributed by atoms with van der Waals surface area (Å²) in [5.41, 5.74) is 8.42. The average Bonchev–Trinajstić information content (AvgIpc) is 2.83. The molecule has 0 spiro atoms. The molecule has 0 aromatic heterocycles. The van der Waals surface area contributed by atoms with Crippen LogP contribution in [0.15, 0.2) is 48.5 Å². The first-order valence-corrected chi connectivity index (χ1v) is 13.0. The third-order valence-corrected chi connectivity index (χ3v) is 7.34. The Morgan fingerprint density at radius 2 is 1.72 bits per heavy atom. The molecule has 0 amide bonds. The molecule has 1 saturated carbocycles. The van der Waals surface area contributed by atoms with Crippen LogP contribution in [0.4, 0.5) is 5.69 Å². The van der Waals surface area contributed by atoms with E-state index in [-0.39, 0.29) is 18.2 Å². The Morgan fingerprint density at radius 3 is 2.31 bits per heavy atom. The summed E-state index contributed by atoms with van der Waals surface area (Å²) in [5, 5.41) is 18.9. The lowest BCUT2D eigenvalue weighted by Gasteiger charge is -2.44. The molecule has 36 heavy (non-hydrogen) atoms. The van der Waals surface area contributed by atoms with Crippen molar-refractivity contribution in [2.24, 2.45) is 5.73 Å². The van der Waals surface area contributed by atoms with Gasteiger partial charge < -0.3 is 20.5 Å². The zero-order valence-corrected chi connectivity index (χ0v) is 21.8. The van der Waals surface area contributed by atoms with Gasteiger partial charge in [0.2, 0.25) is 0 Å². The maximum atomic E-state index is 12.3. The van der Waals surface area contributed by atoms with Crippen molar-refractivity contribution >= 4 is 17.5 Å². The summed E-state index contributed by atoms with van der Waals surface area (Å²) in [6.45, 7) is 9.30. The Bertz CT molecular complexity index is 1060. The Hall–Kier alpha value is -2.90. The Balaban J connectivity index is 1.36. The summed E-state index contributed by atoms with van der Waals surface area (Å²) >= 11 is 0. The maximum Gasteiger partial charge on any atom is 0.309 e. The molecule has 2 fully saturated rings. The third kappa shape index (κ3) is 6.45. The first-order chi connectivity index (χ1) is 17.0. The van der Waals surface area contributed by atoms with Crippen molar-refractivity contribution < 1.29 is 14.6 Å². The minimum Gasteiger partial charge on any atom is -0.460 e. The van der Waals surface area contributed by atoms with E-state index in [1.807, 2.05) is 51.1 Å². The molecule has 0 atom stereocenters. The second kappa shape index (κ2) is 10.6. The monoisotopic (exact) mass is 492 g/mol. The predicted molar refractivity (Wildman–Crippen MR) is 144 cm³/mol. The highest BCUT2D eigenvalue weighted by atomic mass is 16.6. The van der Waals surface area contributed by atoms with Gasteiger partial charge in [0.25, 0.3) is 0 Å². The van der Waals surface area contributed by atoms with Crippen LogP contribution in [0.1, 0.15) is 58.4 Å². The van der Waals surface area contributed by atoms with E-state index in [1.54, 1.807) is 0 Å².